The van der Waals surface area contributed by atoms with Gasteiger partial charge in [-0.05, 0) is 43.3 Å². The lowest BCUT2D eigenvalue weighted by Crippen LogP contribution is -2.37. The van der Waals surface area contributed by atoms with Gasteiger partial charge in [0.15, 0.2) is 0 Å². The van der Waals surface area contributed by atoms with Gasteiger partial charge < -0.3 is 0 Å². The smallest absolute Gasteiger partial charge is 0.267 e. The van der Waals surface area contributed by atoms with Gasteiger partial charge in [-0.15, -0.1) is 12.4 Å². The minimum Gasteiger partial charge on any atom is -0.267 e. The van der Waals surface area contributed by atoms with Gasteiger partial charge in [0, 0.05) is 5.56 Å². The van der Waals surface area contributed by atoms with E-state index in [0.29, 0.717) is 11.3 Å². The third-order valence-electron chi connectivity index (χ3n) is 2.62. The van der Waals surface area contributed by atoms with E-state index in [-0.39, 0.29) is 24.1 Å². The van der Waals surface area contributed by atoms with Crippen LogP contribution in [0.5, 0.6) is 0 Å². The van der Waals surface area contributed by atoms with Crippen molar-refractivity contribution in [1.82, 2.24) is 0 Å². The van der Waals surface area contributed by atoms with Gasteiger partial charge in [-0.3, -0.25) is 4.79 Å². The Labute approximate surface area is 117 Å². The summed E-state index contributed by atoms with van der Waals surface area (Å²) >= 11 is 0. The molecule has 0 spiro atoms. The monoisotopic (exact) mass is 280 g/mol. The van der Waals surface area contributed by atoms with E-state index in [1.165, 1.54) is 24.3 Å². The first-order valence-electron chi connectivity index (χ1n) is 5.49. The van der Waals surface area contributed by atoms with E-state index in [1.807, 2.05) is 19.1 Å². The molecule has 1 amide bonds. The third kappa shape index (κ3) is 3.53. The Morgan fingerprint density at radius 3 is 2.11 bits per heavy atom. The molecule has 0 unspecified atom stereocenters. The fourth-order valence-electron chi connectivity index (χ4n) is 1.55. The maximum absolute atomic E-state index is 12.8. The van der Waals surface area contributed by atoms with E-state index in [0.717, 1.165) is 10.6 Å². The molecule has 0 aromatic heterocycles. The molecule has 0 aliphatic rings. The molecule has 0 saturated heterocycles. The number of hydrazine groups is 1. The number of aryl methyl sites for hydroxylation is 1. The van der Waals surface area contributed by atoms with Crippen LogP contribution in [0.3, 0.4) is 0 Å². The zero-order valence-corrected chi connectivity index (χ0v) is 11.2. The van der Waals surface area contributed by atoms with E-state index in [2.05, 4.69) is 0 Å². The first kappa shape index (κ1) is 15.1. The second-order valence-electron chi connectivity index (χ2n) is 4.02. The lowest BCUT2D eigenvalue weighted by molar-refractivity contribution is 0.0987. The van der Waals surface area contributed by atoms with Crippen LogP contribution in [0.4, 0.5) is 10.1 Å². The van der Waals surface area contributed by atoms with Crippen LogP contribution in [0.2, 0.25) is 0 Å². The molecule has 0 aliphatic carbocycles. The molecule has 2 N–H and O–H groups in total. The van der Waals surface area contributed by atoms with E-state index in [9.17, 15) is 9.18 Å². The van der Waals surface area contributed by atoms with Crippen LogP contribution in [-0.2, 0) is 0 Å². The van der Waals surface area contributed by atoms with Gasteiger partial charge in [0.2, 0.25) is 0 Å². The summed E-state index contributed by atoms with van der Waals surface area (Å²) in [4.78, 5) is 12.0. The number of rotatable bonds is 2. The van der Waals surface area contributed by atoms with Crippen molar-refractivity contribution >= 4 is 24.0 Å². The number of hydrogen-bond acceptors (Lipinski definition) is 2. The maximum atomic E-state index is 12.8. The van der Waals surface area contributed by atoms with Gasteiger partial charge >= 0.3 is 0 Å². The molecule has 2 aromatic rings. The number of nitrogens with zero attached hydrogens (tertiary/aromatic N) is 1. The van der Waals surface area contributed by atoms with Crippen molar-refractivity contribution in [3.05, 3.63) is 65.5 Å². The van der Waals surface area contributed by atoms with Crippen molar-refractivity contribution in [3.63, 3.8) is 0 Å². The zero-order valence-electron chi connectivity index (χ0n) is 10.3. The molecule has 2 aromatic carbocycles. The van der Waals surface area contributed by atoms with Crippen molar-refractivity contribution in [2.24, 2.45) is 5.84 Å². The number of nitrogens with two attached hydrogens (primary N) is 1. The van der Waals surface area contributed by atoms with Crippen molar-refractivity contribution in [2.75, 3.05) is 5.01 Å². The van der Waals surface area contributed by atoms with Crippen LogP contribution < -0.4 is 10.9 Å². The topological polar surface area (TPSA) is 46.3 Å². The highest BCUT2D eigenvalue weighted by Crippen LogP contribution is 2.15. The maximum Gasteiger partial charge on any atom is 0.272 e. The highest BCUT2D eigenvalue weighted by atomic mass is 35.5. The first-order chi connectivity index (χ1) is 8.58. The molecule has 0 heterocycles. The summed E-state index contributed by atoms with van der Waals surface area (Å²) in [5.74, 6) is 4.99. The summed E-state index contributed by atoms with van der Waals surface area (Å²) in [6, 6.07) is 12.5. The summed E-state index contributed by atoms with van der Waals surface area (Å²) in [5, 5.41) is 1.05. The molecular formula is C14H14ClFN2O. The van der Waals surface area contributed by atoms with Crippen molar-refractivity contribution in [1.29, 1.82) is 0 Å². The summed E-state index contributed by atoms with van der Waals surface area (Å²) in [5.41, 5.74) is 2.02. The molecule has 0 radical (unpaired) electrons. The van der Waals surface area contributed by atoms with Gasteiger partial charge in [0.1, 0.15) is 5.82 Å². The molecule has 0 atom stereocenters. The molecule has 3 nitrogen and oxygen atoms in total. The Hall–Kier alpha value is -1.91. The van der Waals surface area contributed by atoms with Gasteiger partial charge in [0.25, 0.3) is 5.91 Å². The quantitative estimate of drug-likeness (QED) is 0.522. The Kier molecular flexibility index (Phi) is 5.03. The molecule has 0 saturated carbocycles. The number of carbonyl (C=O) groups excluding carboxylic acids is 1. The lowest BCUT2D eigenvalue weighted by atomic mass is 10.2. The van der Waals surface area contributed by atoms with Crippen LogP contribution in [0.15, 0.2) is 48.5 Å². The molecule has 5 heteroatoms. The number of amides is 1. The minimum atomic E-state index is -0.384. The Bertz CT molecular complexity index is 555. The average Bonchev–Trinajstić information content (AvgIpc) is 2.39. The largest absolute Gasteiger partial charge is 0.272 e. The molecule has 0 bridgehead atoms. The van der Waals surface area contributed by atoms with Crippen molar-refractivity contribution in [2.45, 2.75) is 6.92 Å². The lowest BCUT2D eigenvalue weighted by Gasteiger charge is -2.16. The minimum absolute atomic E-state index is 0. The predicted molar refractivity (Wildman–Crippen MR) is 75.8 cm³/mol. The van der Waals surface area contributed by atoms with E-state index < -0.39 is 0 Å². The molecule has 0 aliphatic heterocycles. The fraction of sp³-hybridized carbons (Fsp3) is 0.0714. The van der Waals surface area contributed by atoms with E-state index in [1.54, 1.807) is 12.1 Å². The summed E-state index contributed by atoms with van der Waals surface area (Å²) < 4.78 is 12.8. The van der Waals surface area contributed by atoms with Crippen molar-refractivity contribution < 1.29 is 9.18 Å². The van der Waals surface area contributed by atoms with E-state index >= 15 is 0 Å². The standard InChI is InChI=1S/C14H13FN2O.ClH/c1-10-2-8-13(9-3-10)17(16)14(18)11-4-6-12(15)7-5-11;/h2-9H,16H2,1H3;1H. The van der Waals surface area contributed by atoms with Crippen molar-refractivity contribution in [3.8, 4) is 0 Å². The van der Waals surface area contributed by atoms with Crippen LogP contribution in [0.25, 0.3) is 0 Å². The number of anilines is 1. The molecule has 0 fully saturated rings. The van der Waals surface area contributed by atoms with Crippen LogP contribution in [-0.4, -0.2) is 5.91 Å². The highest BCUT2D eigenvalue weighted by Gasteiger charge is 2.13. The fourth-order valence-corrected chi connectivity index (χ4v) is 1.55. The van der Waals surface area contributed by atoms with Crippen LogP contribution in [0.1, 0.15) is 15.9 Å². The van der Waals surface area contributed by atoms with Gasteiger partial charge in [0.05, 0.1) is 5.69 Å². The zero-order chi connectivity index (χ0) is 13.1. The molecule has 19 heavy (non-hydrogen) atoms. The summed E-state index contributed by atoms with van der Waals surface area (Å²) in [6.07, 6.45) is 0. The SMILES string of the molecule is Cc1ccc(N(N)C(=O)c2ccc(F)cc2)cc1.Cl. The highest BCUT2D eigenvalue weighted by molar-refractivity contribution is 6.05. The van der Waals surface area contributed by atoms with Crippen LogP contribution >= 0.6 is 12.4 Å². The molecule has 100 valence electrons. The van der Waals surface area contributed by atoms with E-state index in [4.69, 9.17) is 5.84 Å². The molecule has 2 rings (SSSR count). The number of halogens is 2. The first-order valence-corrected chi connectivity index (χ1v) is 5.49. The normalized spacial score (nSPS) is 9.63. The Morgan fingerprint density at radius 1 is 1.05 bits per heavy atom. The Balaban J connectivity index is 0.00000180. The second-order valence-corrected chi connectivity index (χ2v) is 4.02. The average molecular weight is 281 g/mol. The predicted octanol–water partition coefficient (Wildman–Crippen LogP) is 3.08. The number of hydrogen-bond donors (Lipinski definition) is 1. The molecular weight excluding hydrogens is 267 g/mol. The summed E-state index contributed by atoms with van der Waals surface area (Å²) in [6.45, 7) is 1.95. The van der Waals surface area contributed by atoms with Crippen LogP contribution in [0, 0.1) is 12.7 Å². The Morgan fingerprint density at radius 2 is 1.58 bits per heavy atom. The van der Waals surface area contributed by atoms with Gasteiger partial charge in [-0.2, -0.15) is 0 Å². The third-order valence-corrected chi connectivity index (χ3v) is 2.62. The summed E-state index contributed by atoms with van der Waals surface area (Å²) in [7, 11) is 0. The van der Waals surface area contributed by atoms with Gasteiger partial charge in [-0.1, -0.05) is 17.7 Å². The number of benzene rings is 2. The second kappa shape index (κ2) is 6.31. The number of carbonyl (C=O) groups is 1. The van der Waals surface area contributed by atoms with Gasteiger partial charge in [-0.25, -0.2) is 15.2 Å².